The van der Waals surface area contributed by atoms with Crippen molar-refractivity contribution in [2.75, 3.05) is 17.7 Å². The summed E-state index contributed by atoms with van der Waals surface area (Å²) in [6.45, 7) is 2.59. The molecule has 0 aliphatic rings. The van der Waals surface area contributed by atoms with Gasteiger partial charge in [-0.1, -0.05) is 6.07 Å². The maximum Gasteiger partial charge on any atom is 0.411 e. The Morgan fingerprint density at radius 2 is 2.11 bits per heavy atom. The molecule has 2 N–H and O–H groups in total. The summed E-state index contributed by atoms with van der Waals surface area (Å²) >= 11 is 0. The Labute approximate surface area is 111 Å². The predicted octanol–water partition coefficient (Wildman–Crippen LogP) is 3.38. The summed E-state index contributed by atoms with van der Waals surface area (Å²) in [5, 5.41) is 5.85. The van der Waals surface area contributed by atoms with E-state index in [0.717, 1.165) is 17.0 Å². The van der Waals surface area contributed by atoms with Gasteiger partial charge < -0.3 is 14.5 Å². The minimum Gasteiger partial charge on any atom is -0.467 e. The van der Waals surface area contributed by atoms with E-state index in [-0.39, 0.29) is 0 Å². The molecule has 1 heterocycles. The summed E-state index contributed by atoms with van der Waals surface area (Å²) in [5.41, 5.74) is 2.68. The van der Waals surface area contributed by atoms with Crippen molar-refractivity contribution in [2.24, 2.45) is 0 Å². The van der Waals surface area contributed by atoms with Crippen molar-refractivity contribution >= 4 is 17.5 Å². The van der Waals surface area contributed by atoms with Gasteiger partial charge in [-0.25, -0.2) is 4.79 Å². The van der Waals surface area contributed by atoms with Gasteiger partial charge in [0.05, 0.1) is 19.9 Å². The number of amides is 1. The van der Waals surface area contributed by atoms with Crippen LogP contribution in [0.2, 0.25) is 0 Å². The van der Waals surface area contributed by atoms with Crippen molar-refractivity contribution in [2.45, 2.75) is 13.5 Å². The van der Waals surface area contributed by atoms with Crippen molar-refractivity contribution in [3.63, 3.8) is 0 Å². The Bertz CT molecular complexity index is 563. The molecule has 1 amide bonds. The molecular weight excluding hydrogens is 244 g/mol. The highest BCUT2D eigenvalue weighted by atomic mass is 16.5. The van der Waals surface area contributed by atoms with E-state index in [1.807, 2.05) is 31.2 Å². The second kappa shape index (κ2) is 5.95. The van der Waals surface area contributed by atoms with Gasteiger partial charge in [0, 0.05) is 11.4 Å². The van der Waals surface area contributed by atoms with E-state index < -0.39 is 6.09 Å². The molecule has 19 heavy (non-hydrogen) atoms. The van der Waals surface area contributed by atoms with Crippen LogP contribution in [0, 0.1) is 6.92 Å². The summed E-state index contributed by atoms with van der Waals surface area (Å²) in [7, 11) is 1.33. The lowest BCUT2D eigenvalue weighted by Gasteiger charge is -2.08. The molecule has 0 saturated carbocycles. The third kappa shape index (κ3) is 3.51. The number of nitrogens with one attached hydrogen (secondary N) is 2. The van der Waals surface area contributed by atoms with Crippen LogP contribution in [0.1, 0.15) is 11.3 Å². The molecule has 0 saturated heterocycles. The largest absolute Gasteiger partial charge is 0.467 e. The van der Waals surface area contributed by atoms with Crippen molar-refractivity contribution in [3.8, 4) is 0 Å². The molecule has 0 radical (unpaired) electrons. The number of hydrogen-bond acceptors (Lipinski definition) is 4. The van der Waals surface area contributed by atoms with Gasteiger partial charge >= 0.3 is 6.09 Å². The van der Waals surface area contributed by atoms with Crippen molar-refractivity contribution < 1.29 is 13.9 Å². The molecule has 1 aromatic carbocycles. The first kappa shape index (κ1) is 13.0. The monoisotopic (exact) mass is 260 g/mol. The fourth-order valence-electron chi connectivity index (χ4n) is 1.64. The number of methoxy groups -OCH3 is 1. The van der Waals surface area contributed by atoms with Crippen LogP contribution in [0.3, 0.4) is 0 Å². The number of rotatable bonds is 4. The number of aryl methyl sites for hydroxylation is 1. The standard InChI is InChI=1S/C14H16N2O3/c1-10-6-7-19-13(10)9-15-11-4-3-5-12(8-11)16-14(17)18-2/h3-8,15H,9H2,1-2H3,(H,16,17). The molecule has 5 nitrogen and oxygen atoms in total. The van der Waals surface area contributed by atoms with E-state index in [0.29, 0.717) is 12.2 Å². The van der Waals surface area contributed by atoms with Crippen LogP contribution in [-0.2, 0) is 11.3 Å². The summed E-state index contributed by atoms with van der Waals surface area (Å²) in [5.74, 6) is 0.895. The van der Waals surface area contributed by atoms with E-state index in [1.165, 1.54) is 7.11 Å². The number of carbonyl (C=O) groups is 1. The zero-order chi connectivity index (χ0) is 13.7. The number of furan rings is 1. The predicted molar refractivity (Wildman–Crippen MR) is 73.2 cm³/mol. The fourth-order valence-corrected chi connectivity index (χ4v) is 1.64. The van der Waals surface area contributed by atoms with Crippen LogP contribution in [0.5, 0.6) is 0 Å². The lowest BCUT2D eigenvalue weighted by molar-refractivity contribution is 0.187. The smallest absolute Gasteiger partial charge is 0.411 e. The van der Waals surface area contributed by atoms with E-state index >= 15 is 0 Å². The van der Waals surface area contributed by atoms with Gasteiger partial charge in [0.1, 0.15) is 5.76 Å². The van der Waals surface area contributed by atoms with Gasteiger partial charge in [0.2, 0.25) is 0 Å². The van der Waals surface area contributed by atoms with Crippen LogP contribution in [0.15, 0.2) is 41.0 Å². The van der Waals surface area contributed by atoms with Crippen LogP contribution in [0.25, 0.3) is 0 Å². The molecule has 100 valence electrons. The zero-order valence-electron chi connectivity index (χ0n) is 10.9. The van der Waals surface area contributed by atoms with Gasteiger partial charge in [-0.15, -0.1) is 0 Å². The first-order valence-corrected chi connectivity index (χ1v) is 5.91. The quantitative estimate of drug-likeness (QED) is 0.884. The van der Waals surface area contributed by atoms with Crippen LogP contribution in [0.4, 0.5) is 16.2 Å². The molecule has 2 aromatic rings. The maximum atomic E-state index is 11.1. The van der Waals surface area contributed by atoms with Gasteiger partial charge in [0.15, 0.2) is 0 Å². The minimum absolute atomic E-state index is 0.487. The van der Waals surface area contributed by atoms with Gasteiger partial charge in [-0.05, 0) is 36.8 Å². The SMILES string of the molecule is COC(=O)Nc1cccc(NCc2occc2C)c1. The Hall–Kier alpha value is -2.43. The lowest BCUT2D eigenvalue weighted by atomic mass is 10.2. The van der Waals surface area contributed by atoms with Crippen molar-refractivity contribution in [1.82, 2.24) is 0 Å². The molecule has 1 aromatic heterocycles. The lowest BCUT2D eigenvalue weighted by Crippen LogP contribution is -2.11. The Balaban J connectivity index is 1.99. The molecule has 5 heteroatoms. The molecule has 0 atom stereocenters. The molecule has 0 unspecified atom stereocenters. The Morgan fingerprint density at radius 3 is 2.79 bits per heavy atom. The molecule has 0 aliphatic carbocycles. The highest BCUT2D eigenvalue weighted by molar-refractivity contribution is 5.85. The number of benzene rings is 1. The topological polar surface area (TPSA) is 63.5 Å². The highest BCUT2D eigenvalue weighted by Gasteiger charge is 2.03. The van der Waals surface area contributed by atoms with Gasteiger partial charge in [-0.3, -0.25) is 5.32 Å². The average molecular weight is 260 g/mol. The third-order valence-electron chi connectivity index (χ3n) is 2.72. The Kier molecular flexibility index (Phi) is 4.07. The number of carbonyl (C=O) groups excluding carboxylic acids is 1. The van der Waals surface area contributed by atoms with Gasteiger partial charge in [0.25, 0.3) is 0 Å². The highest BCUT2D eigenvalue weighted by Crippen LogP contribution is 2.17. The summed E-state index contributed by atoms with van der Waals surface area (Å²) < 4.78 is 9.89. The maximum absolute atomic E-state index is 11.1. The van der Waals surface area contributed by atoms with E-state index in [2.05, 4.69) is 15.4 Å². The molecule has 0 spiro atoms. The van der Waals surface area contributed by atoms with Crippen molar-refractivity contribution in [3.05, 3.63) is 47.9 Å². The first-order chi connectivity index (χ1) is 9.19. The molecule has 0 aliphatic heterocycles. The summed E-state index contributed by atoms with van der Waals surface area (Å²) in [4.78, 5) is 11.1. The number of hydrogen-bond donors (Lipinski definition) is 2. The Morgan fingerprint density at radius 1 is 1.32 bits per heavy atom. The molecule has 0 bridgehead atoms. The minimum atomic E-state index is -0.487. The normalized spacial score (nSPS) is 10.0. The first-order valence-electron chi connectivity index (χ1n) is 5.91. The molecular formula is C14H16N2O3. The number of anilines is 2. The second-order valence-electron chi connectivity index (χ2n) is 4.08. The fraction of sp³-hybridized carbons (Fsp3) is 0.214. The summed E-state index contributed by atoms with van der Waals surface area (Å²) in [6, 6.07) is 9.31. The molecule has 2 rings (SSSR count). The number of ether oxygens (including phenoxy) is 1. The zero-order valence-corrected chi connectivity index (χ0v) is 10.9. The average Bonchev–Trinajstić information content (AvgIpc) is 2.82. The van der Waals surface area contributed by atoms with Gasteiger partial charge in [-0.2, -0.15) is 0 Å². The van der Waals surface area contributed by atoms with E-state index in [4.69, 9.17) is 4.42 Å². The van der Waals surface area contributed by atoms with E-state index in [1.54, 1.807) is 12.3 Å². The van der Waals surface area contributed by atoms with Crippen molar-refractivity contribution in [1.29, 1.82) is 0 Å². The third-order valence-corrected chi connectivity index (χ3v) is 2.72. The summed E-state index contributed by atoms with van der Waals surface area (Å²) in [6.07, 6.45) is 1.18. The van der Waals surface area contributed by atoms with Crippen LogP contribution >= 0.6 is 0 Å². The second-order valence-corrected chi connectivity index (χ2v) is 4.08. The molecule has 0 fully saturated rings. The van der Waals surface area contributed by atoms with E-state index in [9.17, 15) is 4.79 Å². The van der Waals surface area contributed by atoms with Crippen LogP contribution < -0.4 is 10.6 Å². The van der Waals surface area contributed by atoms with Crippen LogP contribution in [-0.4, -0.2) is 13.2 Å².